The van der Waals surface area contributed by atoms with Crippen LogP contribution in [0.1, 0.15) is 38.5 Å². The van der Waals surface area contributed by atoms with Crippen LogP contribution in [0.4, 0.5) is 5.69 Å². The fourth-order valence-corrected chi connectivity index (χ4v) is 2.96. The lowest BCUT2D eigenvalue weighted by Crippen LogP contribution is -2.25. The van der Waals surface area contributed by atoms with Crippen LogP contribution in [0.2, 0.25) is 0 Å². The lowest BCUT2D eigenvalue weighted by Gasteiger charge is -2.22. The number of aromatic nitrogens is 2. The highest BCUT2D eigenvalue weighted by Gasteiger charge is 2.19. The molecule has 1 aliphatic heterocycles. The Bertz CT molecular complexity index is 503. The number of amides is 1. The molecular formula is C16H23N3O2. The Morgan fingerprint density at radius 1 is 1.38 bits per heavy atom. The first-order chi connectivity index (χ1) is 10.3. The third-order valence-electron chi connectivity index (χ3n) is 4.21. The van der Waals surface area contributed by atoms with E-state index < -0.39 is 0 Å². The van der Waals surface area contributed by atoms with Gasteiger partial charge in [0.1, 0.15) is 0 Å². The maximum Gasteiger partial charge on any atom is 0.227 e. The number of allylic oxidation sites excluding steroid dienone is 2. The van der Waals surface area contributed by atoms with E-state index in [0.29, 0.717) is 0 Å². The first-order valence-corrected chi connectivity index (χ1v) is 7.91. The van der Waals surface area contributed by atoms with Crippen LogP contribution in [0.25, 0.3) is 0 Å². The van der Waals surface area contributed by atoms with Crippen LogP contribution < -0.4 is 5.32 Å². The van der Waals surface area contributed by atoms with Gasteiger partial charge in [-0.3, -0.25) is 9.48 Å². The third kappa shape index (κ3) is 3.94. The van der Waals surface area contributed by atoms with Crippen LogP contribution in [0.15, 0.2) is 24.5 Å². The van der Waals surface area contributed by atoms with Gasteiger partial charge in [0.15, 0.2) is 0 Å². The second kappa shape index (κ2) is 6.89. The van der Waals surface area contributed by atoms with Crippen molar-refractivity contribution in [1.29, 1.82) is 0 Å². The van der Waals surface area contributed by atoms with Gasteiger partial charge in [0.05, 0.1) is 24.5 Å². The summed E-state index contributed by atoms with van der Waals surface area (Å²) in [5, 5.41) is 7.29. The van der Waals surface area contributed by atoms with Crippen LogP contribution in [-0.4, -0.2) is 28.4 Å². The lowest BCUT2D eigenvalue weighted by molar-refractivity contribution is -0.120. The Kier molecular flexibility index (Phi) is 4.70. The largest absolute Gasteiger partial charge is 0.376 e. The molecule has 21 heavy (non-hydrogen) atoms. The number of hydrogen-bond acceptors (Lipinski definition) is 3. The average Bonchev–Trinajstić information content (AvgIpc) is 2.96. The standard InChI is InChI=1S/C16H23N3O2/c20-16(13-6-2-1-3-7-13)18-14-10-17-19(11-14)12-15-8-4-5-9-21-15/h1-2,10-11,13,15H,3-9,12H2,(H,18,20)/t13-,15+/m0/s1. The van der Waals surface area contributed by atoms with E-state index in [9.17, 15) is 4.79 Å². The smallest absolute Gasteiger partial charge is 0.227 e. The van der Waals surface area contributed by atoms with E-state index in [2.05, 4.69) is 22.6 Å². The number of ether oxygens (including phenoxy) is 1. The molecule has 0 aromatic carbocycles. The zero-order chi connectivity index (χ0) is 14.5. The van der Waals surface area contributed by atoms with E-state index in [1.54, 1.807) is 6.20 Å². The predicted molar refractivity (Wildman–Crippen MR) is 80.9 cm³/mol. The van der Waals surface area contributed by atoms with Crippen LogP contribution in [0.5, 0.6) is 0 Å². The van der Waals surface area contributed by atoms with E-state index in [4.69, 9.17) is 4.74 Å². The summed E-state index contributed by atoms with van der Waals surface area (Å²) in [4.78, 5) is 12.2. The molecule has 1 aliphatic carbocycles. The zero-order valence-electron chi connectivity index (χ0n) is 12.3. The van der Waals surface area contributed by atoms with Crippen molar-refractivity contribution < 1.29 is 9.53 Å². The summed E-state index contributed by atoms with van der Waals surface area (Å²) >= 11 is 0. The van der Waals surface area contributed by atoms with Crippen LogP contribution >= 0.6 is 0 Å². The number of carbonyl (C=O) groups excluding carboxylic acids is 1. The normalized spacial score (nSPS) is 25.7. The Morgan fingerprint density at radius 2 is 2.33 bits per heavy atom. The predicted octanol–water partition coefficient (Wildman–Crippen LogP) is 2.75. The molecule has 114 valence electrons. The van der Waals surface area contributed by atoms with Crippen molar-refractivity contribution in [1.82, 2.24) is 9.78 Å². The molecule has 1 aromatic rings. The van der Waals surface area contributed by atoms with E-state index >= 15 is 0 Å². The summed E-state index contributed by atoms with van der Waals surface area (Å²) in [5.74, 6) is 0.202. The number of nitrogens with zero attached hydrogens (tertiary/aromatic N) is 2. The molecule has 1 aromatic heterocycles. The second-order valence-electron chi connectivity index (χ2n) is 5.91. The monoisotopic (exact) mass is 289 g/mol. The van der Waals surface area contributed by atoms with Crippen molar-refractivity contribution in [2.75, 3.05) is 11.9 Å². The number of carbonyl (C=O) groups is 1. The first kappa shape index (κ1) is 14.3. The van der Waals surface area contributed by atoms with Gasteiger partial charge in [0, 0.05) is 18.7 Å². The van der Waals surface area contributed by atoms with E-state index in [-0.39, 0.29) is 17.9 Å². The molecule has 1 N–H and O–H groups in total. The minimum absolute atomic E-state index is 0.0972. The quantitative estimate of drug-likeness (QED) is 0.867. The van der Waals surface area contributed by atoms with Gasteiger partial charge in [0.25, 0.3) is 0 Å². The zero-order valence-corrected chi connectivity index (χ0v) is 12.3. The van der Waals surface area contributed by atoms with Crippen LogP contribution in [-0.2, 0) is 16.1 Å². The highest BCUT2D eigenvalue weighted by Crippen LogP contribution is 2.20. The van der Waals surface area contributed by atoms with Gasteiger partial charge in [-0.15, -0.1) is 0 Å². The molecule has 2 heterocycles. The summed E-state index contributed by atoms with van der Waals surface area (Å²) in [6, 6.07) is 0. The molecule has 0 saturated carbocycles. The van der Waals surface area contributed by atoms with Crippen LogP contribution in [0, 0.1) is 5.92 Å². The molecule has 3 rings (SSSR count). The van der Waals surface area contributed by atoms with Crippen molar-refractivity contribution in [2.24, 2.45) is 5.92 Å². The van der Waals surface area contributed by atoms with Crippen molar-refractivity contribution in [3.05, 3.63) is 24.5 Å². The Labute approximate surface area is 125 Å². The van der Waals surface area contributed by atoms with Crippen LogP contribution in [0.3, 0.4) is 0 Å². The lowest BCUT2D eigenvalue weighted by atomic mass is 9.94. The van der Waals surface area contributed by atoms with E-state index in [1.807, 2.05) is 10.9 Å². The summed E-state index contributed by atoms with van der Waals surface area (Å²) in [6.07, 6.45) is 14.4. The minimum atomic E-state index is 0.0972. The van der Waals surface area contributed by atoms with Crippen molar-refractivity contribution in [2.45, 2.75) is 51.2 Å². The van der Waals surface area contributed by atoms with Gasteiger partial charge in [0.2, 0.25) is 5.91 Å². The third-order valence-corrected chi connectivity index (χ3v) is 4.21. The molecule has 5 heteroatoms. The molecule has 2 aliphatic rings. The van der Waals surface area contributed by atoms with Gasteiger partial charge in [-0.2, -0.15) is 5.10 Å². The molecule has 1 amide bonds. The van der Waals surface area contributed by atoms with Gasteiger partial charge in [-0.25, -0.2) is 0 Å². The van der Waals surface area contributed by atoms with Gasteiger partial charge in [-0.1, -0.05) is 12.2 Å². The Morgan fingerprint density at radius 3 is 3.10 bits per heavy atom. The molecule has 0 unspecified atom stereocenters. The fourth-order valence-electron chi connectivity index (χ4n) is 2.96. The van der Waals surface area contributed by atoms with Gasteiger partial charge in [-0.05, 0) is 38.5 Å². The summed E-state index contributed by atoms with van der Waals surface area (Å²) in [7, 11) is 0. The van der Waals surface area contributed by atoms with Crippen molar-refractivity contribution in [3.63, 3.8) is 0 Å². The summed E-state index contributed by atoms with van der Waals surface area (Å²) in [6.45, 7) is 1.62. The molecule has 5 nitrogen and oxygen atoms in total. The number of nitrogens with one attached hydrogen (secondary N) is 1. The average molecular weight is 289 g/mol. The van der Waals surface area contributed by atoms with E-state index in [0.717, 1.165) is 50.9 Å². The van der Waals surface area contributed by atoms with E-state index in [1.165, 1.54) is 6.42 Å². The minimum Gasteiger partial charge on any atom is -0.376 e. The SMILES string of the molecule is O=C(Nc1cnn(C[C@H]2CCCCO2)c1)[C@H]1CC=CCC1. The summed E-state index contributed by atoms with van der Waals surface area (Å²) < 4.78 is 7.58. The Balaban J connectivity index is 1.52. The van der Waals surface area contributed by atoms with Gasteiger partial charge < -0.3 is 10.1 Å². The molecule has 1 fully saturated rings. The maximum absolute atomic E-state index is 12.2. The molecular weight excluding hydrogens is 266 g/mol. The summed E-state index contributed by atoms with van der Waals surface area (Å²) in [5.41, 5.74) is 0.783. The maximum atomic E-state index is 12.2. The molecule has 2 atom stereocenters. The molecule has 0 radical (unpaired) electrons. The van der Waals surface area contributed by atoms with Crippen molar-refractivity contribution >= 4 is 11.6 Å². The number of hydrogen-bond donors (Lipinski definition) is 1. The molecule has 1 saturated heterocycles. The van der Waals surface area contributed by atoms with Gasteiger partial charge >= 0.3 is 0 Å². The topological polar surface area (TPSA) is 56.2 Å². The molecule has 0 bridgehead atoms. The highest BCUT2D eigenvalue weighted by atomic mass is 16.5. The first-order valence-electron chi connectivity index (χ1n) is 7.91. The number of anilines is 1. The highest BCUT2D eigenvalue weighted by molar-refractivity contribution is 5.92. The fraction of sp³-hybridized carbons (Fsp3) is 0.625. The molecule has 0 spiro atoms. The second-order valence-corrected chi connectivity index (χ2v) is 5.91. The van der Waals surface area contributed by atoms with Crippen molar-refractivity contribution in [3.8, 4) is 0 Å². The number of rotatable bonds is 4. The Hall–Kier alpha value is -1.62.